The fourth-order valence-corrected chi connectivity index (χ4v) is 3.66. The first kappa shape index (κ1) is 16.3. The van der Waals surface area contributed by atoms with Gasteiger partial charge in [-0.05, 0) is 52.1 Å². The van der Waals surface area contributed by atoms with E-state index >= 15 is 0 Å². The lowest BCUT2D eigenvalue weighted by molar-refractivity contribution is -0.155. The normalized spacial score (nSPS) is 30.4. The Hall–Kier alpha value is -1.10. The number of piperidine rings is 1. The summed E-state index contributed by atoms with van der Waals surface area (Å²) in [6, 6.07) is -0.351. The van der Waals surface area contributed by atoms with E-state index in [2.05, 4.69) is 17.3 Å². The smallest absolute Gasteiger partial charge is 0.248 e. The summed E-state index contributed by atoms with van der Waals surface area (Å²) in [5.74, 6) is 0.572. The second-order valence-electron chi connectivity index (χ2n) is 6.68. The van der Waals surface area contributed by atoms with E-state index in [1.54, 1.807) is 0 Å². The fourth-order valence-electron chi connectivity index (χ4n) is 3.66. The first-order chi connectivity index (χ1) is 9.93. The van der Waals surface area contributed by atoms with Crippen LogP contribution in [0.4, 0.5) is 0 Å². The molecule has 21 heavy (non-hydrogen) atoms. The molecule has 2 rings (SSSR count). The van der Waals surface area contributed by atoms with Crippen molar-refractivity contribution in [1.82, 2.24) is 15.1 Å². The SMILES string of the molecule is CCC1(CC)NC(=O)C(C)N(CC2CCCN(C)C2)C1=O. The molecule has 0 aromatic rings. The third-order valence-electron chi connectivity index (χ3n) is 5.26. The van der Waals surface area contributed by atoms with Crippen LogP contribution < -0.4 is 5.32 Å². The van der Waals surface area contributed by atoms with E-state index in [9.17, 15) is 9.59 Å². The average Bonchev–Trinajstić information content (AvgIpc) is 2.48. The standard InChI is InChI=1S/C16H29N3O2/c1-5-16(6-2)15(21)19(12(3)14(20)17-16)11-13-8-7-9-18(4)10-13/h12-13H,5-11H2,1-4H3,(H,17,20). The molecule has 0 bridgehead atoms. The summed E-state index contributed by atoms with van der Waals surface area (Å²) in [7, 11) is 2.13. The predicted octanol–water partition coefficient (Wildman–Crippen LogP) is 1.23. The first-order valence-corrected chi connectivity index (χ1v) is 8.25. The van der Waals surface area contributed by atoms with Crippen LogP contribution in [-0.2, 0) is 9.59 Å². The predicted molar refractivity (Wildman–Crippen MR) is 82.9 cm³/mol. The summed E-state index contributed by atoms with van der Waals surface area (Å²) in [6.45, 7) is 8.65. The minimum Gasteiger partial charge on any atom is -0.340 e. The van der Waals surface area contributed by atoms with Gasteiger partial charge in [-0.15, -0.1) is 0 Å². The topological polar surface area (TPSA) is 52.7 Å². The minimum absolute atomic E-state index is 0.0116. The maximum absolute atomic E-state index is 12.9. The van der Waals surface area contributed by atoms with Gasteiger partial charge in [-0.25, -0.2) is 0 Å². The molecule has 0 spiro atoms. The molecule has 2 atom stereocenters. The third-order valence-corrected chi connectivity index (χ3v) is 5.26. The molecule has 5 heteroatoms. The molecule has 0 aromatic carbocycles. The summed E-state index contributed by atoms with van der Waals surface area (Å²) < 4.78 is 0. The van der Waals surface area contributed by atoms with Crippen molar-refractivity contribution in [3.05, 3.63) is 0 Å². The second kappa shape index (κ2) is 6.34. The molecule has 0 saturated carbocycles. The Kier molecular flexibility index (Phi) is 4.91. The third kappa shape index (κ3) is 3.07. The second-order valence-corrected chi connectivity index (χ2v) is 6.68. The van der Waals surface area contributed by atoms with E-state index in [0.29, 0.717) is 25.3 Å². The van der Waals surface area contributed by atoms with Gasteiger partial charge in [0.25, 0.3) is 0 Å². The molecule has 120 valence electrons. The number of hydrogen-bond donors (Lipinski definition) is 1. The fraction of sp³-hybridized carbons (Fsp3) is 0.875. The average molecular weight is 295 g/mol. The molecule has 2 unspecified atom stereocenters. The van der Waals surface area contributed by atoms with Crippen LogP contribution in [0.5, 0.6) is 0 Å². The highest BCUT2D eigenvalue weighted by Gasteiger charge is 2.47. The molecule has 0 radical (unpaired) electrons. The zero-order chi connectivity index (χ0) is 15.6. The van der Waals surface area contributed by atoms with Gasteiger partial charge in [-0.2, -0.15) is 0 Å². The highest BCUT2D eigenvalue weighted by Crippen LogP contribution is 2.27. The lowest BCUT2D eigenvalue weighted by Crippen LogP contribution is -2.70. The van der Waals surface area contributed by atoms with Crippen LogP contribution in [0.2, 0.25) is 0 Å². The van der Waals surface area contributed by atoms with Crippen molar-refractivity contribution in [2.24, 2.45) is 5.92 Å². The Morgan fingerprint density at radius 3 is 2.52 bits per heavy atom. The van der Waals surface area contributed by atoms with Crippen molar-refractivity contribution in [2.75, 3.05) is 26.7 Å². The quantitative estimate of drug-likeness (QED) is 0.849. The number of nitrogens with zero attached hydrogens (tertiary/aromatic N) is 2. The Morgan fingerprint density at radius 1 is 1.29 bits per heavy atom. The summed E-state index contributed by atoms with van der Waals surface area (Å²) >= 11 is 0. The van der Waals surface area contributed by atoms with Crippen LogP contribution >= 0.6 is 0 Å². The molecular formula is C16H29N3O2. The summed E-state index contributed by atoms with van der Waals surface area (Å²) in [5.41, 5.74) is -0.690. The Labute approximate surface area is 128 Å². The number of likely N-dealkylation sites (tertiary alicyclic amines) is 1. The van der Waals surface area contributed by atoms with Gasteiger partial charge in [-0.1, -0.05) is 13.8 Å². The van der Waals surface area contributed by atoms with Gasteiger partial charge in [0, 0.05) is 13.1 Å². The number of rotatable bonds is 4. The number of amides is 2. The van der Waals surface area contributed by atoms with Crippen molar-refractivity contribution in [1.29, 1.82) is 0 Å². The molecule has 2 heterocycles. The van der Waals surface area contributed by atoms with E-state index in [4.69, 9.17) is 0 Å². The van der Waals surface area contributed by atoms with Crippen molar-refractivity contribution in [3.63, 3.8) is 0 Å². The Morgan fingerprint density at radius 2 is 1.95 bits per heavy atom. The van der Waals surface area contributed by atoms with Gasteiger partial charge in [0.05, 0.1) is 0 Å². The van der Waals surface area contributed by atoms with Gasteiger partial charge in [0.1, 0.15) is 11.6 Å². The van der Waals surface area contributed by atoms with Crippen molar-refractivity contribution >= 4 is 11.8 Å². The number of carbonyl (C=O) groups excluding carboxylic acids is 2. The Balaban J connectivity index is 2.15. The van der Waals surface area contributed by atoms with Crippen LogP contribution in [0.25, 0.3) is 0 Å². The van der Waals surface area contributed by atoms with Gasteiger partial charge in [-0.3, -0.25) is 9.59 Å². The lowest BCUT2D eigenvalue weighted by atomic mass is 9.86. The molecule has 2 amide bonds. The summed E-state index contributed by atoms with van der Waals surface area (Å²) in [5, 5.41) is 2.96. The van der Waals surface area contributed by atoms with Gasteiger partial charge < -0.3 is 15.1 Å². The zero-order valence-electron chi connectivity index (χ0n) is 13.8. The number of nitrogens with one attached hydrogen (secondary N) is 1. The maximum Gasteiger partial charge on any atom is 0.248 e. The molecule has 2 aliphatic rings. The monoisotopic (exact) mass is 295 g/mol. The maximum atomic E-state index is 12.9. The van der Waals surface area contributed by atoms with E-state index in [1.807, 2.05) is 25.7 Å². The van der Waals surface area contributed by atoms with Crippen LogP contribution in [-0.4, -0.2) is 59.9 Å². The van der Waals surface area contributed by atoms with E-state index < -0.39 is 5.54 Å². The largest absolute Gasteiger partial charge is 0.340 e. The van der Waals surface area contributed by atoms with Crippen LogP contribution in [0.15, 0.2) is 0 Å². The van der Waals surface area contributed by atoms with Gasteiger partial charge in [0.15, 0.2) is 0 Å². The molecule has 2 saturated heterocycles. The number of carbonyl (C=O) groups is 2. The highest BCUT2D eigenvalue weighted by atomic mass is 16.2. The van der Waals surface area contributed by atoms with Crippen LogP contribution in [0.3, 0.4) is 0 Å². The Bertz CT molecular complexity index is 406. The summed E-state index contributed by atoms with van der Waals surface area (Å²) in [6.07, 6.45) is 3.63. The van der Waals surface area contributed by atoms with Gasteiger partial charge >= 0.3 is 0 Å². The molecule has 5 nitrogen and oxygen atoms in total. The molecular weight excluding hydrogens is 266 g/mol. The molecule has 2 fully saturated rings. The zero-order valence-corrected chi connectivity index (χ0v) is 13.8. The van der Waals surface area contributed by atoms with Crippen LogP contribution in [0, 0.1) is 5.92 Å². The molecule has 0 aliphatic carbocycles. The van der Waals surface area contributed by atoms with Gasteiger partial charge in [0.2, 0.25) is 11.8 Å². The highest BCUT2D eigenvalue weighted by molar-refractivity contribution is 5.99. The van der Waals surface area contributed by atoms with Crippen molar-refractivity contribution in [3.8, 4) is 0 Å². The van der Waals surface area contributed by atoms with Crippen molar-refractivity contribution in [2.45, 2.75) is 58.0 Å². The van der Waals surface area contributed by atoms with E-state index in [0.717, 1.165) is 19.5 Å². The van der Waals surface area contributed by atoms with Crippen LogP contribution in [0.1, 0.15) is 46.5 Å². The number of piperazine rings is 1. The number of hydrogen-bond acceptors (Lipinski definition) is 3. The lowest BCUT2D eigenvalue weighted by Gasteiger charge is -2.46. The first-order valence-electron chi connectivity index (χ1n) is 8.25. The molecule has 1 N–H and O–H groups in total. The van der Waals surface area contributed by atoms with Crippen molar-refractivity contribution < 1.29 is 9.59 Å². The molecule has 2 aliphatic heterocycles. The summed E-state index contributed by atoms with van der Waals surface area (Å²) in [4.78, 5) is 29.3. The van der Waals surface area contributed by atoms with E-state index in [-0.39, 0.29) is 17.9 Å². The molecule has 0 aromatic heterocycles. The van der Waals surface area contributed by atoms with E-state index in [1.165, 1.54) is 6.42 Å². The minimum atomic E-state index is -0.690.